The molecule has 0 aliphatic rings. The summed E-state index contributed by atoms with van der Waals surface area (Å²) in [5.74, 6) is -54.5. The van der Waals surface area contributed by atoms with Gasteiger partial charge in [-0.1, -0.05) is 32.1 Å². The maximum absolute atomic E-state index is 15.1. The summed E-state index contributed by atoms with van der Waals surface area (Å²) < 4.78 is 208. The van der Waals surface area contributed by atoms with Gasteiger partial charge in [0.05, 0.1) is 0 Å². The van der Waals surface area contributed by atoms with E-state index in [-0.39, 0.29) is 75.5 Å². The molecule has 2 N–H and O–H groups in total. The molecule has 0 rings (SSSR count). The molecular weight excluding hydrogens is 729 g/mol. The molecule has 0 aromatic rings. The minimum atomic E-state index is -8.53. The second-order valence-electron chi connectivity index (χ2n) is 11.9. The van der Waals surface area contributed by atoms with Crippen LogP contribution in [0.3, 0.4) is 0 Å². The highest BCUT2D eigenvalue weighted by Gasteiger charge is 2.94. The summed E-state index contributed by atoms with van der Waals surface area (Å²) in [5, 5.41) is 17.6. The largest absolute Gasteiger partial charge is 0.481 e. The number of carboxylic acids is 2. The fraction of sp³-hybridized carbons (Fsp3) is 0.893. The number of nitrogens with zero attached hydrogens (tertiary/aromatic N) is 2. The normalized spacial score (nSPS) is 14.1. The van der Waals surface area contributed by atoms with Crippen molar-refractivity contribution in [3.05, 3.63) is 0 Å². The van der Waals surface area contributed by atoms with Crippen LogP contribution in [0.4, 0.5) is 65.9 Å². The van der Waals surface area contributed by atoms with E-state index in [1.54, 1.807) is 19.0 Å². The third kappa shape index (κ3) is 11.2. The molecule has 0 aromatic carbocycles. The Morgan fingerprint density at radius 3 is 1.24 bits per heavy atom. The van der Waals surface area contributed by atoms with Crippen LogP contribution < -0.4 is 0 Å². The first kappa shape index (κ1) is 47.3. The van der Waals surface area contributed by atoms with Crippen molar-refractivity contribution in [3.63, 3.8) is 0 Å². The van der Waals surface area contributed by atoms with Gasteiger partial charge in [-0.25, -0.2) is 0 Å². The number of rotatable bonds is 25. The Kier molecular flexibility index (Phi) is 17.2. The Labute approximate surface area is 277 Å². The minimum Gasteiger partial charge on any atom is -0.481 e. The van der Waals surface area contributed by atoms with E-state index in [1.165, 1.54) is 0 Å². The van der Waals surface area contributed by atoms with Gasteiger partial charge in [-0.15, -0.1) is 0 Å². The van der Waals surface area contributed by atoms with Gasteiger partial charge in [0.2, 0.25) is 0 Å². The summed E-state index contributed by atoms with van der Waals surface area (Å²) in [6, 6.07) is -1.63. The maximum Gasteiger partial charge on any atom is 0.460 e. The number of alkyl halides is 15. The third-order valence-electron chi connectivity index (χ3n) is 7.66. The molecule has 0 aliphatic carbocycles. The Bertz CT molecular complexity index is 1080. The topological polar surface area (TPSA) is 98.2 Å². The lowest BCUT2D eigenvalue weighted by atomic mass is 9.90. The number of unbranched alkanes of at least 4 members (excludes halogenated alkanes) is 6. The standard InChI is InChI=1S/C28H39F15N2O5/c1-44(2)16-10-5-11-17-45(18(12-6-3-8-14-19(46)47)13-7-4-9-15-20(48)49)21(50)22(29,30)23(31,32)24(33,34)25(35,36)26(37,38)27(39,40)28(41,42)43/h18H,3-17H2,1-2H3,(H,46,47)(H,48,49). The van der Waals surface area contributed by atoms with Gasteiger partial charge in [0, 0.05) is 25.4 Å². The van der Waals surface area contributed by atoms with E-state index >= 15 is 8.78 Å². The van der Waals surface area contributed by atoms with Gasteiger partial charge in [-0.05, 0) is 59.2 Å². The molecule has 0 heterocycles. The van der Waals surface area contributed by atoms with Gasteiger partial charge in [-0.3, -0.25) is 14.4 Å². The molecule has 296 valence electrons. The Morgan fingerprint density at radius 2 is 0.860 bits per heavy atom. The van der Waals surface area contributed by atoms with E-state index in [0.29, 0.717) is 6.54 Å². The molecule has 7 nitrogen and oxygen atoms in total. The van der Waals surface area contributed by atoms with Gasteiger partial charge < -0.3 is 20.0 Å². The van der Waals surface area contributed by atoms with E-state index < -0.39 is 85.0 Å². The summed E-state index contributed by atoms with van der Waals surface area (Å²) in [6.45, 7) is -0.603. The van der Waals surface area contributed by atoms with Crippen molar-refractivity contribution in [1.82, 2.24) is 9.80 Å². The number of amides is 1. The van der Waals surface area contributed by atoms with Crippen LogP contribution in [-0.4, -0.2) is 113 Å². The van der Waals surface area contributed by atoms with Crippen molar-refractivity contribution in [2.45, 2.75) is 131 Å². The van der Waals surface area contributed by atoms with E-state index in [2.05, 4.69) is 0 Å². The molecule has 0 bridgehead atoms. The molecule has 0 saturated heterocycles. The smallest absolute Gasteiger partial charge is 0.460 e. The van der Waals surface area contributed by atoms with Crippen LogP contribution in [0.5, 0.6) is 0 Å². The zero-order valence-corrected chi connectivity index (χ0v) is 26.9. The molecule has 0 unspecified atom stereocenters. The molecular formula is C28H39F15N2O5. The SMILES string of the molecule is CN(C)CCCCCN(C(=O)C(F)(F)C(F)(F)C(F)(F)C(F)(F)C(F)(F)C(F)(F)C(F)(F)F)C(CCCCCC(=O)O)CCCCCC(=O)O. The zero-order valence-electron chi connectivity index (χ0n) is 26.9. The second kappa shape index (κ2) is 18.2. The van der Waals surface area contributed by atoms with Crippen molar-refractivity contribution < 1.29 is 90.5 Å². The predicted molar refractivity (Wildman–Crippen MR) is 145 cm³/mol. The summed E-state index contributed by atoms with van der Waals surface area (Å²) in [4.78, 5) is 36.1. The van der Waals surface area contributed by atoms with E-state index in [4.69, 9.17) is 10.2 Å². The van der Waals surface area contributed by atoms with Gasteiger partial charge in [-0.2, -0.15) is 65.9 Å². The molecule has 0 atom stereocenters. The number of halogens is 15. The number of carbonyl (C=O) groups excluding carboxylic acids is 1. The van der Waals surface area contributed by atoms with E-state index in [9.17, 15) is 71.5 Å². The lowest BCUT2D eigenvalue weighted by Crippen LogP contribution is -2.74. The molecule has 0 aliphatic heterocycles. The Balaban J connectivity index is 6.83. The number of carbonyl (C=O) groups is 3. The lowest BCUT2D eigenvalue weighted by Gasteiger charge is -2.42. The number of hydrogen-bond acceptors (Lipinski definition) is 4. The van der Waals surface area contributed by atoms with Crippen molar-refractivity contribution in [3.8, 4) is 0 Å². The lowest BCUT2D eigenvalue weighted by molar-refractivity contribution is -0.450. The van der Waals surface area contributed by atoms with Crippen molar-refractivity contribution in [1.29, 1.82) is 0 Å². The van der Waals surface area contributed by atoms with Crippen LogP contribution in [0.15, 0.2) is 0 Å². The zero-order chi connectivity index (χ0) is 39.6. The van der Waals surface area contributed by atoms with Crippen LogP contribution in [0.25, 0.3) is 0 Å². The fourth-order valence-corrected chi connectivity index (χ4v) is 4.74. The van der Waals surface area contributed by atoms with Crippen LogP contribution >= 0.6 is 0 Å². The molecule has 0 fully saturated rings. The summed E-state index contributed by atoms with van der Waals surface area (Å²) in [6.07, 6.45) is -9.61. The fourth-order valence-electron chi connectivity index (χ4n) is 4.74. The molecule has 0 spiro atoms. The number of hydrogen-bond donors (Lipinski definition) is 2. The molecule has 0 saturated carbocycles. The second-order valence-corrected chi connectivity index (χ2v) is 11.9. The van der Waals surface area contributed by atoms with Crippen LogP contribution in [-0.2, 0) is 14.4 Å². The van der Waals surface area contributed by atoms with Gasteiger partial charge in [0.1, 0.15) is 0 Å². The molecule has 22 heteroatoms. The summed E-state index contributed by atoms with van der Waals surface area (Å²) in [7, 11) is 3.24. The average molecular weight is 769 g/mol. The van der Waals surface area contributed by atoms with Gasteiger partial charge in [0.25, 0.3) is 5.91 Å². The predicted octanol–water partition coefficient (Wildman–Crippen LogP) is 8.36. The monoisotopic (exact) mass is 768 g/mol. The Morgan fingerprint density at radius 1 is 0.500 bits per heavy atom. The van der Waals surface area contributed by atoms with Crippen LogP contribution in [0.2, 0.25) is 0 Å². The van der Waals surface area contributed by atoms with E-state index in [0.717, 1.165) is 0 Å². The highest BCUT2D eigenvalue weighted by atomic mass is 19.4. The summed E-state index contributed by atoms with van der Waals surface area (Å²) >= 11 is 0. The van der Waals surface area contributed by atoms with Gasteiger partial charge in [0.15, 0.2) is 0 Å². The Hall–Kier alpha value is -2.68. The first-order valence-electron chi connectivity index (χ1n) is 15.2. The minimum absolute atomic E-state index is 0.0199. The van der Waals surface area contributed by atoms with Crippen molar-refractivity contribution >= 4 is 17.8 Å². The molecule has 0 radical (unpaired) electrons. The molecule has 0 aromatic heterocycles. The molecule has 1 amide bonds. The quantitative estimate of drug-likeness (QED) is 0.0716. The third-order valence-corrected chi connectivity index (χ3v) is 7.66. The van der Waals surface area contributed by atoms with Gasteiger partial charge >= 0.3 is 53.7 Å². The highest BCUT2D eigenvalue weighted by molar-refractivity contribution is 5.85. The highest BCUT2D eigenvalue weighted by Crippen LogP contribution is 2.62. The maximum atomic E-state index is 15.1. The number of carboxylic acid groups (broad SMARTS) is 2. The average Bonchev–Trinajstić information content (AvgIpc) is 2.95. The van der Waals surface area contributed by atoms with E-state index in [1.807, 2.05) is 0 Å². The van der Waals surface area contributed by atoms with Crippen LogP contribution in [0, 0.1) is 0 Å². The van der Waals surface area contributed by atoms with Crippen molar-refractivity contribution in [2.75, 3.05) is 27.2 Å². The first-order chi connectivity index (χ1) is 22.4. The van der Waals surface area contributed by atoms with Crippen molar-refractivity contribution in [2.24, 2.45) is 0 Å². The summed E-state index contributed by atoms with van der Waals surface area (Å²) in [5.41, 5.74) is 0. The first-order valence-corrected chi connectivity index (χ1v) is 15.2. The number of aliphatic carboxylic acids is 2. The van der Waals surface area contributed by atoms with Crippen LogP contribution in [0.1, 0.15) is 83.5 Å². The molecule has 50 heavy (non-hydrogen) atoms.